The highest BCUT2D eigenvalue weighted by atomic mass is 19.1. The Morgan fingerprint density at radius 2 is 2.14 bits per heavy atom. The van der Waals surface area contributed by atoms with Crippen LogP contribution in [0.15, 0.2) is 24.4 Å². The first-order valence-electron chi connectivity index (χ1n) is 6.81. The van der Waals surface area contributed by atoms with E-state index in [0.717, 1.165) is 23.8 Å². The molecule has 0 atom stereocenters. The summed E-state index contributed by atoms with van der Waals surface area (Å²) >= 11 is 0. The highest BCUT2D eigenvalue weighted by molar-refractivity contribution is 5.90. The van der Waals surface area contributed by atoms with Gasteiger partial charge in [0.1, 0.15) is 12.4 Å². The summed E-state index contributed by atoms with van der Waals surface area (Å²) in [4.78, 5) is 27.5. The van der Waals surface area contributed by atoms with E-state index in [-0.39, 0.29) is 30.7 Å². The second kappa shape index (κ2) is 5.20. The van der Waals surface area contributed by atoms with Gasteiger partial charge in [-0.25, -0.2) is 4.39 Å². The number of carbonyl (C=O) groups is 2. The van der Waals surface area contributed by atoms with Crippen LogP contribution < -0.4 is 0 Å². The summed E-state index contributed by atoms with van der Waals surface area (Å²) in [7, 11) is 0. The molecule has 0 radical (unpaired) electrons. The number of fused-ring (bicyclic) bond motifs is 1. The van der Waals surface area contributed by atoms with Gasteiger partial charge in [-0.15, -0.1) is 0 Å². The topological polar surface area (TPSA) is 73.4 Å². The van der Waals surface area contributed by atoms with Crippen molar-refractivity contribution >= 4 is 22.8 Å². The van der Waals surface area contributed by atoms with Gasteiger partial charge in [0.25, 0.3) is 0 Å². The number of halogens is 1. The van der Waals surface area contributed by atoms with Crippen molar-refractivity contribution in [2.45, 2.75) is 25.3 Å². The third-order valence-corrected chi connectivity index (χ3v) is 3.68. The van der Waals surface area contributed by atoms with Crippen LogP contribution >= 0.6 is 0 Å². The Hall–Kier alpha value is -2.37. The summed E-state index contributed by atoms with van der Waals surface area (Å²) in [5.74, 6) is -1.55. The van der Waals surface area contributed by atoms with E-state index >= 15 is 0 Å². The van der Waals surface area contributed by atoms with Crippen LogP contribution in [0.2, 0.25) is 0 Å². The van der Waals surface area contributed by atoms with Gasteiger partial charge in [0.05, 0.1) is 6.42 Å². The molecule has 0 unspecified atom stereocenters. The minimum absolute atomic E-state index is 0.0521. The van der Waals surface area contributed by atoms with Gasteiger partial charge < -0.3 is 15.0 Å². The summed E-state index contributed by atoms with van der Waals surface area (Å²) in [6.07, 6.45) is 3.51. The van der Waals surface area contributed by atoms with Crippen molar-refractivity contribution < 1.29 is 19.1 Å². The Bertz CT molecular complexity index is 706. The molecule has 0 saturated heterocycles. The largest absolute Gasteiger partial charge is 0.480 e. The number of aromatic amines is 1. The van der Waals surface area contributed by atoms with E-state index in [2.05, 4.69) is 4.98 Å². The molecule has 1 aromatic heterocycles. The molecular formula is C15H15FN2O3. The van der Waals surface area contributed by atoms with E-state index in [1.807, 2.05) is 0 Å². The maximum absolute atomic E-state index is 13.1. The van der Waals surface area contributed by atoms with E-state index in [0.29, 0.717) is 5.52 Å². The molecule has 0 aliphatic heterocycles. The lowest BCUT2D eigenvalue weighted by molar-refractivity contribution is -0.144. The van der Waals surface area contributed by atoms with Crippen molar-refractivity contribution in [1.29, 1.82) is 0 Å². The Balaban J connectivity index is 1.80. The summed E-state index contributed by atoms with van der Waals surface area (Å²) in [6, 6.07) is 4.40. The summed E-state index contributed by atoms with van der Waals surface area (Å²) in [5, 5.41) is 9.68. The molecule has 1 heterocycles. The standard InChI is InChI=1S/C15H15FN2O3/c16-10-1-4-12-9(7-17-13(12)6-10)5-14(19)18(8-15(20)21)11-2-3-11/h1,4,6-7,11,17H,2-3,5,8H2,(H,20,21). The second-order valence-electron chi connectivity index (χ2n) is 5.33. The molecule has 110 valence electrons. The second-order valence-corrected chi connectivity index (χ2v) is 5.33. The molecule has 6 heteroatoms. The van der Waals surface area contributed by atoms with Gasteiger partial charge in [0, 0.05) is 23.1 Å². The minimum atomic E-state index is -1.00. The Labute approximate surface area is 120 Å². The van der Waals surface area contributed by atoms with Gasteiger partial charge in [-0.3, -0.25) is 9.59 Å². The molecule has 0 bridgehead atoms. The molecule has 1 aromatic carbocycles. The van der Waals surface area contributed by atoms with Crippen molar-refractivity contribution in [1.82, 2.24) is 9.88 Å². The average molecular weight is 290 g/mol. The van der Waals surface area contributed by atoms with Crippen molar-refractivity contribution in [3.8, 4) is 0 Å². The van der Waals surface area contributed by atoms with E-state index in [1.165, 1.54) is 17.0 Å². The highest BCUT2D eigenvalue weighted by Gasteiger charge is 2.33. The van der Waals surface area contributed by atoms with Crippen LogP contribution in [-0.2, 0) is 16.0 Å². The highest BCUT2D eigenvalue weighted by Crippen LogP contribution is 2.28. The molecular weight excluding hydrogens is 275 g/mol. The molecule has 5 nitrogen and oxygen atoms in total. The number of H-pyrrole nitrogens is 1. The van der Waals surface area contributed by atoms with E-state index in [1.54, 1.807) is 12.3 Å². The third-order valence-electron chi connectivity index (χ3n) is 3.68. The maximum atomic E-state index is 13.1. The number of carboxylic acids is 1. The van der Waals surface area contributed by atoms with Crippen LogP contribution in [0.3, 0.4) is 0 Å². The SMILES string of the molecule is O=C(O)CN(C(=O)Cc1c[nH]c2cc(F)ccc12)C1CC1. The predicted molar refractivity (Wildman–Crippen MR) is 74.3 cm³/mol. The first-order chi connectivity index (χ1) is 10.0. The van der Waals surface area contributed by atoms with Gasteiger partial charge >= 0.3 is 5.97 Å². The number of carboxylic acid groups (broad SMARTS) is 1. The van der Waals surface area contributed by atoms with Gasteiger partial charge in [-0.1, -0.05) is 0 Å². The molecule has 1 saturated carbocycles. The molecule has 0 spiro atoms. The molecule has 1 aliphatic carbocycles. The fourth-order valence-electron chi connectivity index (χ4n) is 2.52. The number of nitrogens with zero attached hydrogens (tertiary/aromatic N) is 1. The van der Waals surface area contributed by atoms with Crippen molar-refractivity contribution in [2.75, 3.05) is 6.54 Å². The number of amides is 1. The number of aromatic nitrogens is 1. The smallest absolute Gasteiger partial charge is 0.323 e. The van der Waals surface area contributed by atoms with Gasteiger partial charge in [-0.05, 0) is 36.6 Å². The lowest BCUT2D eigenvalue weighted by Gasteiger charge is -2.20. The van der Waals surface area contributed by atoms with Crippen LogP contribution in [0.4, 0.5) is 4.39 Å². The quantitative estimate of drug-likeness (QED) is 0.883. The lowest BCUT2D eigenvalue weighted by Crippen LogP contribution is -2.38. The number of hydrogen-bond donors (Lipinski definition) is 2. The number of hydrogen-bond acceptors (Lipinski definition) is 2. The fourth-order valence-corrected chi connectivity index (χ4v) is 2.52. The summed E-state index contributed by atoms with van der Waals surface area (Å²) in [6.45, 7) is -0.263. The number of benzene rings is 1. The third kappa shape index (κ3) is 2.89. The Morgan fingerprint density at radius 1 is 1.38 bits per heavy atom. The maximum Gasteiger partial charge on any atom is 0.323 e. The first kappa shape index (κ1) is 13.6. The number of carbonyl (C=O) groups excluding carboxylic acids is 1. The Morgan fingerprint density at radius 3 is 2.81 bits per heavy atom. The molecule has 1 aliphatic rings. The zero-order valence-electron chi connectivity index (χ0n) is 11.3. The van der Waals surface area contributed by atoms with Gasteiger partial charge in [0.2, 0.25) is 5.91 Å². The number of aliphatic carboxylic acids is 1. The van der Waals surface area contributed by atoms with Crippen molar-refractivity contribution in [3.05, 3.63) is 35.8 Å². The molecule has 3 rings (SSSR count). The monoisotopic (exact) mass is 290 g/mol. The zero-order valence-corrected chi connectivity index (χ0v) is 11.3. The van der Waals surface area contributed by atoms with E-state index < -0.39 is 5.97 Å². The number of rotatable bonds is 5. The predicted octanol–water partition coefficient (Wildman–Crippen LogP) is 1.93. The Kier molecular flexibility index (Phi) is 3.37. The molecule has 2 N–H and O–H groups in total. The normalized spacial score (nSPS) is 14.3. The van der Waals surface area contributed by atoms with Crippen LogP contribution in [-0.4, -0.2) is 39.5 Å². The summed E-state index contributed by atoms with van der Waals surface area (Å²) in [5.41, 5.74) is 1.39. The van der Waals surface area contributed by atoms with E-state index in [4.69, 9.17) is 5.11 Å². The van der Waals surface area contributed by atoms with Gasteiger partial charge in [-0.2, -0.15) is 0 Å². The van der Waals surface area contributed by atoms with Crippen molar-refractivity contribution in [2.24, 2.45) is 0 Å². The fraction of sp³-hybridized carbons (Fsp3) is 0.333. The minimum Gasteiger partial charge on any atom is -0.480 e. The first-order valence-corrected chi connectivity index (χ1v) is 6.81. The van der Waals surface area contributed by atoms with Gasteiger partial charge in [0.15, 0.2) is 0 Å². The molecule has 1 amide bonds. The number of nitrogens with one attached hydrogen (secondary N) is 1. The lowest BCUT2D eigenvalue weighted by atomic mass is 10.1. The van der Waals surface area contributed by atoms with E-state index in [9.17, 15) is 14.0 Å². The molecule has 1 fully saturated rings. The average Bonchev–Trinajstić information content (AvgIpc) is 3.19. The van der Waals surface area contributed by atoms with Crippen molar-refractivity contribution in [3.63, 3.8) is 0 Å². The molecule has 21 heavy (non-hydrogen) atoms. The zero-order chi connectivity index (χ0) is 15.0. The van der Waals surface area contributed by atoms with Crippen LogP contribution in [0.25, 0.3) is 10.9 Å². The van der Waals surface area contributed by atoms with Crippen LogP contribution in [0.1, 0.15) is 18.4 Å². The van der Waals surface area contributed by atoms with Crippen LogP contribution in [0.5, 0.6) is 0 Å². The summed E-state index contributed by atoms with van der Waals surface area (Å²) < 4.78 is 13.1. The molecule has 2 aromatic rings. The van der Waals surface area contributed by atoms with Crippen LogP contribution in [0, 0.1) is 5.82 Å².